The highest BCUT2D eigenvalue weighted by Gasteiger charge is 2.08. The second kappa shape index (κ2) is 7.45. The van der Waals surface area contributed by atoms with Crippen molar-refractivity contribution in [3.05, 3.63) is 41.2 Å². The van der Waals surface area contributed by atoms with Crippen LogP contribution in [0.3, 0.4) is 0 Å². The van der Waals surface area contributed by atoms with Gasteiger partial charge in [0.1, 0.15) is 11.4 Å². The normalized spacial score (nSPS) is 12.6. The Bertz CT molecular complexity index is 541. The Balaban J connectivity index is 1.97. The van der Waals surface area contributed by atoms with E-state index in [2.05, 4.69) is 53.7 Å². The molecule has 0 fully saturated rings. The number of nitrogens with zero attached hydrogens (tertiary/aromatic N) is 2. The van der Waals surface area contributed by atoms with Crippen LogP contribution in [-0.2, 0) is 5.75 Å². The minimum Gasteiger partial charge on any atom is -0.310 e. The third kappa shape index (κ3) is 4.08. The molecule has 0 aliphatic carbocycles. The molecule has 1 heterocycles. The zero-order chi connectivity index (χ0) is 14.4. The molecule has 108 valence electrons. The second-order valence-corrected chi connectivity index (χ2v) is 5.88. The lowest BCUT2D eigenvalue weighted by molar-refractivity contribution is 0.302. The Morgan fingerprint density at radius 1 is 1.35 bits per heavy atom. The van der Waals surface area contributed by atoms with Crippen LogP contribution >= 0.6 is 11.8 Å². The summed E-state index contributed by atoms with van der Waals surface area (Å²) in [6, 6.07) is 9.02. The van der Waals surface area contributed by atoms with Gasteiger partial charge in [-0.25, -0.2) is 4.63 Å². The third-order valence-corrected chi connectivity index (χ3v) is 4.19. The summed E-state index contributed by atoms with van der Waals surface area (Å²) < 4.78 is 4.72. The van der Waals surface area contributed by atoms with Crippen molar-refractivity contribution in [1.82, 2.24) is 15.6 Å². The molecule has 1 unspecified atom stereocenters. The van der Waals surface area contributed by atoms with Gasteiger partial charge >= 0.3 is 0 Å². The first-order valence-corrected chi connectivity index (χ1v) is 7.93. The average molecular weight is 291 g/mol. The number of benzene rings is 1. The molecule has 0 aliphatic heterocycles. The molecule has 2 rings (SSSR count). The molecule has 1 N–H and O–H groups in total. The number of thioether (sulfide) groups is 1. The summed E-state index contributed by atoms with van der Waals surface area (Å²) in [6.07, 6.45) is 1.15. The van der Waals surface area contributed by atoms with Crippen LogP contribution in [0.15, 0.2) is 33.8 Å². The first kappa shape index (κ1) is 15.1. The highest BCUT2D eigenvalue weighted by Crippen LogP contribution is 2.25. The summed E-state index contributed by atoms with van der Waals surface area (Å²) in [6.45, 7) is 7.34. The van der Waals surface area contributed by atoms with Crippen molar-refractivity contribution in [2.24, 2.45) is 0 Å². The Labute approximate surface area is 124 Å². The molecule has 1 atom stereocenters. The predicted octanol–water partition coefficient (Wildman–Crippen LogP) is 3.73. The fourth-order valence-corrected chi connectivity index (χ4v) is 2.84. The highest BCUT2D eigenvalue weighted by atomic mass is 32.2. The Kier molecular flexibility index (Phi) is 5.61. The van der Waals surface area contributed by atoms with Crippen LogP contribution in [0, 0.1) is 6.92 Å². The van der Waals surface area contributed by atoms with Gasteiger partial charge in [0.25, 0.3) is 0 Å². The van der Waals surface area contributed by atoms with Crippen LogP contribution in [-0.4, -0.2) is 16.9 Å². The van der Waals surface area contributed by atoms with E-state index in [1.807, 2.05) is 6.92 Å². The summed E-state index contributed by atoms with van der Waals surface area (Å²) in [5, 5.41) is 11.2. The van der Waals surface area contributed by atoms with Crippen molar-refractivity contribution >= 4 is 11.8 Å². The number of rotatable bonds is 7. The van der Waals surface area contributed by atoms with Gasteiger partial charge in [0.05, 0.1) is 0 Å². The summed E-state index contributed by atoms with van der Waals surface area (Å²) in [4.78, 5) is 1.25. The minimum atomic E-state index is 0.381. The average Bonchev–Trinajstić information content (AvgIpc) is 2.88. The van der Waals surface area contributed by atoms with E-state index in [0.717, 1.165) is 30.1 Å². The minimum absolute atomic E-state index is 0.381. The van der Waals surface area contributed by atoms with Gasteiger partial charge in [0.15, 0.2) is 0 Å². The van der Waals surface area contributed by atoms with Gasteiger partial charge in [-0.3, -0.25) is 0 Å². The van der Waals surface area contributed by atoms with Gasteiger partial charge < -0.3 is 5.32 Å². The standard InChI is InChI=1S/C15H21N3OS/c1-4-8-16-11(2)13-6-5-7-14(9-13)20-10-15-12(3)17-19-18-15/h5-7,9,11,16H,4,8,10H2,1-3H3. The molecule has 4 nitrogen and oxygen atoms in total. The molecule has 0 amide bonds. The van der Waals surface area contributed by atoms with Crippen molar-refractivity contribution in [1.29, 1.82) is 0 Å². The zero-order valence-electron chi connectivity index (χ0n) is 12.2. The van der Waals surface area contributed by atoms with E-state index < -0.39 is 0 Å². The van der Waals surface area contributed by atoms with E-state index in [-0.39, 0.29) is 0 Å². The molecule has 0 saturated carbocycles. The molecular weight excluding hydrogens is 270 g/mol. The topological polar surface area (TPSA) is 51.0 Å². The molecule has 5 heteroatoms. The van der Waals surface area contributed by atoms with Crippen LogP contribution in [0.2, 0.25) is 0 Å². The van der Waals surface area contributed by atoms with Gasteiger partial charge in [-0.05, 0) is 44.5 Å². The van der Waals surface area contributed by atoms with Crippen LogP contribution in [0.5, 0.6) is 0 Å². The van der Waals surface area contributed by atoms with Gasteiger partial charge in [0.2, 0.25) is 0 Å². The lowest BCUT2D eigenvalue weighted by atomic mass is 10.1. The SMILES string of the molecule is CCCNC(C)c1cccc(SCc2nonc2C)c1. The summed E-state index contributed by atoms with van der Waals surface area (Å²) >= 11 is 1.76. The molecule has 20 heavy (non-hydrogen) atoms. The summed E-state index contributed by atoms with van der Waals surface area (Å²) in [7, 11) is 0. The molecule has 1 aromatic heterocycles. The van der Waals surface area contributed by atoms with Crippen LogP contribution < -0.4 is 5.32 Å². The maximum absolute atomic E-state index is 4.72. The molecular formula is C15H21N3OS. The van der Waals surface area contributed by atoms with Crippen molar-refractivity contribution in [3.8, 4) is 0 Å². The maximum atomic E-state index is 4.72. The second-order valence-electron chi connectivity index (χ2n) is 4.83. The van der Waals surface area contributed by atoms with E-state index in [1.165, 1.54) is 10.5 Å². The van der Waals surface area contributed by atoms with Crippen molar-refractivity contribution in [2.45, 2.75) is 43.9 Å². The first-order chi connectivity index (χ1) is 9.70. The van der Waals surface area contributed by atoms with Gasteiger partial charge in [-0.1, -0.05) is 29.4 Å². The van der Waals surface area contributed by atoms with E-state index in [1.54, 1.807) is 11.8 Å². The fraction of sp³-hybridized carbons (Fsp3) is 0.467. The smallest absolute Gasteiger partial charge is 0.118 e. The predicted molar refractivity (Wildman–Crippen MR) is 81.7 cm³/mol. The lowest BCUT2D eigenvalue weighted by Gasteiger charge is -2.14. The molecule has 0 spiro atoms. The maximum Gasteiger partial charge on any atom is 0.118 e. The number of hydrogen-bond donors (Lipinski definition) is 1. The molecule has 0 bridgehead atoms. The lowest BCUT2D eigenvalue weighted by Crippen LogP contribution is -2.19. The molecule has 0 saturated heterocycles. The summed E-state index contributed by atoms with van der Waals surface area (Å²) in [5.74, 6) is 0.787. The number of nitrogens with one attached hydrogen (secondary N) is 1. The highest BCUT2D eigenvalue weighted by molar-refractivity contribution is 7.98. The molecule has 0 aliphatic rings. The van der Waals surface area contributed by atoms with E-state index >= 15 is 0 Å². The van der Waals surface area contributed by atoms with Crippen LogP contribution in [0.1, 0.15) is 43.3 Å². The fourth-order valence-electron chi connectivity index (χ4n) is 1.88. The van der Waals surface area contributed by atoms with Gasteiger partial charge in [0, 0.05) is 16.7 Å². The van der Waals surface area contributed by atoms with E-state index in [4.69, 9.17) is 4.63 Å². The van der Waals surface area contributed by atoms with Gasteiger partial charge in [-0.2, -0.15) is 0 Å². The van der Waals surface area contributed by atoms with Crippen molar-refractivity contribution < 1.29 is 4.63 Å². The molecule has 0 radical (unpaired) electrons. The number of aryl methyl sites for hydroxylation is 1. The largest absolute Gasteiger partial charge is 0.310 e. The first-order valence-electron chi connectivity index (χ1n) is 6.95. The van der Waals surface area contributed by atoms with E-state index in [0.29, 0.717) is 6.04 Å². The van der Waals surface area contributed by atoms with Crippen molar-refractivity contribution in [3.63, 3.8) is 0 Å². The number of hydrogen-bond acceptors (Lipinski definition) is 5. The molecule has 1 aromatic carbocycles. The van der Waals surface area contributed by atoms with E-state index in [9.17, 15) is 0 Å². The van der Waals surface area contributed by atoms with Crippen LogP contribution in [0.4, 0.5) is 0 Å². The summed E-state index contributed by atoms with van der Waals surface area (Å²) in [5.41, 5.74) is 3.10. The Morgan fingerprint density at radius 3 is 2.90 bits per heavy atom. The number of aromatic nitrogens is 2. The quantitative estimate of drug-likeness (QED) is 0.788. The van der Waals surface area contributed by atoms with Crippen LogP contribution in [0.25, 0.3) is 0 Å². The Morgan fingerprint density at radius 2 is 2.20 bits per heavy atom. The zero-order valence-corrected chi connectivity index (χ0v) is 13.0. The van der Waals surface area contributed by atoms with Gasteiger partial charge in [-0.15, -0.1) is 11.8 Å². The molecule has 2 aromatic rings. The third-order valence-electron chi connectivity index (χ3n) is 3.18. The monoisotopic (exact) mass is 291 g/mol. The Hall–Kier alpha value is -1.33. The van der Waals surface area contributed by atoms with Crippen molar-refractivity contribution in [2.75, 3.05) is 6.54 Å².